The molecule has 0 saturated heterocycles. The van der Waals surface area contributed by atoms with E-state index in [1.54, 1.807) is 0 Å². The van der Waals surface area contributed by atoms with E-state index in [2.05, 4.69) is 11.0 Å². The number of hydrogen-bond donors (Lipinski definition) is 1. The Morgan fingerprint density at radius 2 is 2.23 bits per heavy atom. The van der Waals surface area contributed by atoms with Crippen LogP contribution in [0.25, 0.3) is 10.2 Å². The number of anilines is 1. The molecule has 0 spiro atoms. The minimum atomic E-state index is 0.642. The summed E-state index contributed by atoms with van der Waals surface area (Å²) in [7, 11) is 0. The molecule has 2 aromatic rings. The number of nitrogens with zero attached hydrogens (tertiary/aromatic N) is 2. The molecule has 0 aliphatic carbocycles. The van der Waals surface area contributed by atoms with Gasteiger partial charge in [-0.05, 0) is 12.1 Å². The van der Waals surface area contributed by atoms with E-state index in [1.807, 2.05) is 24.3 Å². The van der Waals surface area contributed by atoms with E-state index in [4.69, 9.17) is 12.3 Å². The average Bonchev–Trinajstić information content (AvgIpc) is 2.59. The molecule has 1 heterocycles. The molecule has 0 radical (unpaired) electrons. The fraction of sp³-hybridized carbons (Fsp3) is 0. The third kappa shape index (κ3) is 1.35. The maximum atomic E-state index is 5.50. The van der Waals surface area contributed by atoms with Crippen molar-refractivity contribution >= 4 is 26.7 Å². The van der Waals surface area contributed by atoms with Crippen molar-refractivity contribution in [3.05, 3.63) is 24.3 Å². The number of benzene rings is 1. The SMILES string of the molecule is C#CN(N)c1nc2ccccc2s1. The normalized spacial score (nSPS) is 9.85. The maximum absolute atomic E-state index is 5.50. The zero-order valence-corrected chi connectivity index (χ0v) is 7.58. The molecular formula is C9H7N3S. The fourth-order valence-corrected chi connectivity index (χ4v) is 1.87. The van der Waals surface area contributed by atoms with Gasteiger partial charge >= 0.3 is 0 Å². The highest BCUT2D eigenvalue weighted by molar-refractivity contribution is 7.22. The predicted molar refractivity (Wildman–Crippen MR) is 55.1 cm³/mol. The topological polar surface area (TPSA) is 42.1 Å². The second kappa shape index (κ2) is 3.05. The summed E-state index contributed by atoms with van der Waals surface area (Å²) < 4.78 is 1.09. The van der Waals surface area contributed by atoms with Gasteiger partial charge in [-0.15, -0.1) is 0 Å². The largest absolute Gasteiger partial charge is 0.233 e. The van der Waals surface area contributed by atoms with Gasteiger partial charge < -0.3 is 0 Å². The highest BCUT2D eigenvalue weighted by Gasteiger charge is 2.05. The Balaban J connectivity index is 2.57. The Hall–Kier alpha value is -1.57. The molecule has 3 nitrogen and oxygen atoms in total. The third-order valence-corrected chi connectivity index (χ3v) is 2.66. The number of fused-ring (bicyclic) bond motifs is 1. The van der Waals surface area contributed by atoms with Gasteiger partial charge in [-0.3, -0.25) is 0 Å². The predicted octanol–water partition coefficient (Wildman–Crippen LogP) is 1.57. The van der Waals surface area contributed by atoms with Gasteiger partial charge in [0.25, 0.3) is 0 Å². The molecule has 0 unspecified atom stereocenters. The molecule has 13 heavy (non-hydrogen) atoms. The first kappa shape index (κ1) is 8.05. The molecule has 0 atom stereocenters. The van der Waals surface area contributed by atoms with Gasteiger partial charge in [0.05, 0.1) is 10.2 Å². The molecule has 0 aliphatic rings. The van der Waals surface area contributed by atoms with E-state index in [1.165, 1.54) is 16.3 Å². The van der Waals surface area contributed by atoms with Crippen LogP contribution in [0.5, 0.6) is 0 Å². The van der Waals surface area contributed by atoms with E-state index < -0.39 is 0 Å². The summed E-state index contributed by atoms with van der Waals surface area (Å²) in [5.74, 6) is 5.50. The first-order valence-corrected chi connectivity index (χ1v) is 4.49. The van der Waals surface area contributed by atoms with Crippen LogP contribution < -0.4 is 10.9 Å². The third-order valence-electron chi connectivity index (χ3n) is 1.63. The van der Waals surface area contributed by atoms with Crippen LogP contribution in [0.4, 0.5) is 5.13 Å². The van der Waals surface area contributed by atoms with E-state index in [-0.39, 0.29) is 0 Å². The number of aromatic nitrogens is 1. The van der Waals surface area contributed by atoms with Gasteiger partial charge in [-0.1, -0.05) is 29.9 Å². The number of terminal acetylenes is 1. The summed E-state index contributed by atoms with van der Waals surface area (Å²) in [5, 5.41) is 1.83. The molecule has 0 bridgehead atoms. The van der Waals surface area contributed by atoms with Gasteiger partial charge in [-0.2, -0.15) is 0 Å². The minimum Gasteiger partial charge on any atom is -0.233 e. The second-order valence-electron chi connectivity index (χ2n) is 2.46. The van der Waals surface area contributed by atoms with Gasteiger partial charge in [0, 0.05) is 6.04 Å². The number of hydrazine groups is 1. The lowest BCUT2D eigenvalue weighted by molar-refractivity contribution is 1.10. The molecule has 0 amide bonds. The molecule has 4 heteroatoms. The van der Waals surface area contributed by atoms with Crippen LogP contribution in [0.2, 0.25) is 0 Å². The van der Waals surface area contributed by atoms with Crippen molar-refractivity contribution in [3.8, 4) is 12.5 Å². The molecule has 1 aromatic carbocycles. The fourth-order valence-electron chi connectivity index (χ4n) is 1.02. The number of para-hydroxylation sites is 1. The van der Waals surface area contributed by atoms with Crippen molar-refractivity contribution in [3.63, 3.8) is 0 Å². The Labute approximate surface area is 79.8 Å². The van der Waals surface area contributed by atoms with Gasteiger partial charge in [0.1, 0.15) is 0 Å². The summed E-state index contributed by atoms with van der Waals surface area (Å²) in [5.41, 5.74) is 0.924. The molecule has 2 N–H and O–H groups in total. The van der Waals surface area contributed by atoms with Crippen LogP contribution in [0.3, 0.4) is 0 Å². The summed E-state index contributed by atoms with van der Waals surface area (Å²) in [6.07, 6.45) is 5.14. The lowest BCUT2D eigenvalue weighted by Gasteiger charge is -2.02. The smallest absolute Gasteiger partial charge is 0.213 e. The van der Waals surface area contributed by atoms with E-state index in [0.717, 1.165) is 10.2 Å². The standard InChI is InChI=1S/C9H7N3S/c1-2-12(10)9-11-7-5-3-4-6-8(7)13-9/h1,3-6H,10H2. The van der Waals surface area contributed by atoms with Crippen LogP contribution in [-0.4, -0.2) is 4.98 Å². The molecule has 0 aliphatic heterocycles. The Bertz CT molecular complexity index is 436. The summed E-state index contributed by atoms with van der Waals surface area (Å²) in [6, 6.07) is 10.1. The number of nitrogens with two attached hydrogens (primary N) is 1. The minimum absolute atomic E-state index is 0.642. The van der Waals surface area contributed by atoms with Crippen LogP contribution in [0.15, 0.2) is 24.3 Å². The van der Waals surface area contributed by atoms with Crippen molar-refractivity contribution in [2.24, 2.45) is 5.84 Å². The quantitative estimate of drug-likeness (QED) is 0.320. The molecule has 0 fully saturated rings. The molecular weight excluding hydrogens is 182 g/mol. The summed E-state index contributed by atoms with van der Waals surface area (Å²) in [4.78, 5) is 4.26. The van der Waals surface area contributed by atoms with Crippen molar-refractivity contribution in [1.29, 1.82) is 0 Å². The zero-order chi connectivity index (χ0) is 9.26. The maximum Gasteiger partial charge on any atom is 0.213 e. The van der Waals surface area contributed by atoms with Gasteiger partial charge in [0.15, 0.2) is 0 Å². The first-order valence-electron chi connectivity index (χ1n) is 3.68. The monoisotopic (exact) mass is 189 g/mol. The van der Waals surface area contributed by atoms with Crippen LogP contribution >= 0.6 is 11.3 Å². The van der Waals surface area contributed by atoms with Gasteiger partial charge in [0.2, 0.25) is 5.13 Å². The zero-order valence-electron chi connectivity index (χ0n) is 6.77. The lowest BCUT2D eigenvalue weighted by atomic mass is 10.3. The van der Waals surface area contributed by atoms with E-state index in [9.17, 15) is 0 Å². The Kier molecular flexibility index (Phi) is 1.89. The van der Waals surface area contributed by atoms with Crippen molar-refractivity contribution in [1.82, 2.24) is 4.98 Å². The number of thiazole rings is 1. The number of rotatable bonds is 1. The summed E-state index contributed by atoms with van der Waals surface area (Å²) >= 11 is 1.48. The second-order valence-corrected chi connectivity index (χ2v) is 3.47. The highest BCUT2D eigenvalue weighted by Crippen LogP contribution is 2.26. The molecule has 2 rings (SSSR count). The van der Waals surface area contributed by atoms with Gasteiger partial charge in [-0.25, -0.2) is 15.8 Å². The van der Waals surface area contributed by atoms with Crippen molar-refractivity contribution in [2.75, 3.05) is 5.01 Å². The average molecular weight is 189 g/mol. The highest BCUT2D eigenvalue weighted by atomic mass is 32.1. The van der Waals surface area contributed by atoms with E-state index >= 15 is 0 Å². The molecule has 0 saturated carbocycles. The van der Waals surface area contributed by atoms with Crippen LogP contribution in [0.1, 0.15) is 0 Å². The van der Waals surface area contributed by atoms with Crippen molar-refractivity contribution < 1.29 is 0 Å². The lowest BCUT2D eigenvalue weighted by Crippen LogP contribution is -2.23. The first-order chi connectivity index (χ1) is 6.31. The molecule has 64 valence electrons. The van der Waals surface area contributed by atoms with Crippen molar-refractivity contribution in [2.45, 2.75) is 0 Å². The van der Waals surface area contributed by atoms with Crippen LogP contribution in [-0.2, 0) is 0 Å². The number of hydrogen-bond acceptors (Lipinski definition) is 4. The van der Waals surface area contributed by atoms with Crippen LogP contribution in [0, 0.1) is 12.5 Å². The Morgan fingerprint density at radius 3 is 2.92 bits per heavy atom. The summed E-state index contributed by atoms with van der Waals surface area (Å²) in [6.45, 7) is 0. The van der Waals surface area contributed by atoms with E-state index in [0.29, 0.717) is 5.13 Å². The Morgan fingerprint density at radius 1 is 1.46 bits per heavy atom. The molecule has 1 aromatic heterocycles.